The van der Waals surface area contributed by atoms with E-state index in [1.165, 1.54) is 23.1 Å². The van der Waals surface area contributed by atoms with E-state index in [1.54, 1.807) is 31.2 Å². The predicted octanol–water partition coefficient (Wildman–Crippen LogP) is 7.69. The Balaban J connectivity index is 1.74. The minimum absolute atomic E-state index is 0.0103. The summed E-state index contributed by atoms with van der Waals surface area (Å²) in [6.45, 7) is 12.7. The number of nitro groups is 1. The van der Waals surface area contributed by atoms with Crippen molar-refractivity contribution in [3.8, 4) is 5.75 Å². The molecule has 2 atom stereocenters. The Morgan fingerprint density at radius 3 is 2.36 bits per heavy atom. The first kappa shape index (κ1) is 33.4. The minimum Gasteiger partial charge on any atom is -0.487 e. The smallest absolute Gasteiger partial charge is 0.407 e. The topological polar surface area (TPSA) is 135 Å². The van der Waals surface area contributed by atoms with Gasteiger partial charge in [0.05, 0.1) is 23.1 Å². The third kappa shape index (κ3) is 8.17. The molecule has 2 N–H and O–H groups in total. The summed E-state index contributed by atoms with van der Waals surface area (Å²) < 4.78 is 13.1. The summed E-state index contributed by atoms with van der Waals surface area (Å²) >= 11 is 0. The summed E-state index contributed by atoms with van der Waals surface area (Å²) in [5, 5.41) is 22.2. The third-order valence-corrected chi connectivity index (χ3v) is 13.0. The first-order valence-electron chi connectivity index (χ1n) is 14.9. The maximum absolute atomic E-state index is 12.7. The number of nitrogens with one attached hydrogen (secondary N) is 1. The second-order valence-electron chi connectivity index (χ2n) is 12.8. The number of nitro benzene ring substituents is 1. The number of hydrogen-bond acceptors (Lipinski definition) is 6. The molecule has 4 rings (SSSR count). The summed E-state index contributed by atoms with van der Waals surface area (Å²) in [5.41, 5.74) is 2.53. The zero-order valence-electron chi connectivity index (χ0n) is 26.6. The molecule has 1 unspecified atom stereocenters. The maximum atomic E-state index is 12.7. The molecule has 4 aromatic rings. The molecule has 1 amide bonds. The van der Waals surface area contributed by atoms with Crippen LogP contribution in [-0.2, 0) is 17.5 Å². The lowest BCUT2D eigenvalue weighted by molar-refractivity contribution is -0.384. The number of amides is 1. The summed E-state index contributed by atoms with van der Waals surface area (Å²) in [6, 6.07) is 22.2. The van der Waals surface area contributed by atoms with Crippen molar-refractivity contribution in [2.24, 2.45) is 0 Å². The van der Waals surface area contributed by atoms with E-state index in [9.17, 15) is 24.8 Å². The first-order chi connectivity index (χ1) is 21.2. The average Bonchev–Trinajstić information content (AvgIpc) is 2.97. The fourth-order valence-corrected chi connectivity index (χ4v) is 6.26. The van der Waals surface area contributed by atoms with Gasteiger partial charge in [0.25, 0.3) is 5.69 Å². The molecule has 238 valence electrons. The number of aromatic amines is 1. The van der Waals surface area contributed by atoms with Crippen molar-refractivity contribution in [3.63, 3.8) is 0 Å². The van der Waals surface area contributed by atoms with Gasteiger partial charge in [0.15, 0.2) is 8.32 Å². The van der Waals surface area contributed by atoms with Gasteiger partial charge in [0.1, 0.15) is 12.4 Å². The molecule has 45 heavy (non-hydrogen) atoms. The van der Waals surface area contributed by atoms with Crippen LogP contribution in [0.3, 0.4) is 0 Å². The van der Waals surface area contributed by atoms with Crippen molar-refractivity contribution in [2.45, 2.75) is 71.0 Å². The normalized spacial score (nSPS) is 13.3. The quantitative estimate of drug-likeness (QED) is 0.0930. The second kappa shape index (κ2) is 13.7. The molecule has 1 heterocycles. The molecule has 0 saturated carbocycles. The van der Waals surface area contributed by atoms with Crippen molar-refractivity contribution in [3.05, 3.63) is 116 Å². The highest BCUT2D eigenvalue weighted by Gasteiger charge is 2.41. The van der Waals surface area contributed by atoms with Gasteiger partial charge in [-0.25, -0.2) is 4.79 Å². The van der Waals surface area contributed by atoms with Gasteiger partial charge in [-0.05, 0) is 60.3 Å². The fourth-order valence-electron chi connectivity index (χ4n) is 4.99. The number of carboxylic acid groups (broad SMARTS) is 1. The first-order valence-corrected chi connectivity index (χ1v) is 17.8. The van der Waals surface area contributed by atoms with Crippen LogP contribution >= 0.6 is 0 Å². The lowest BCUT2D eigenvalue weighted by Gasteiger charge is -2.41. The zero-order valence-corrected chi connectivity index (χ0v) is 27.6. The van der Waals surface area contributed by atoms with Crippen LogP contribution in [0.2, 0.25) is 18.1 Å². The van der Waals surface area contributed by atoms with Crippen molar-refractivity contribution < 1.29 is 24.0 Å². The van der Waals surface area contributed by atoms with Crippen LogP contribution in [0.25, 0.3) is 10.9 Å². The predicted molar refractivity (Wildman–Crippen MR) is 177 cm³/mol. The number of hydrogen-bond donors (Lipinski definition) is 2. The van der Waals surface area contributed by atoms with E-state index in [0.29, 0.717) is 28.8 Å². The zero-order chi connectivity index (χ0) is 32.9. The van der Waals surface area contributed by atoms with Crippen molar-refractivity contribution in [1.29, 1.82) is 0 Å². The number of non-ortho nitro benzene ring substituents is 1. The van der Waals surface area contributed by atoms with Crippen molar-refractivity contribution >= 4 is 31.0 Å². The van der Waals surface area contributed by atoms with Gasteiger partial charge in [0, 0.05) is 29.6 Å². The maximum Gasteiger partial charge on any atom is 0.407 e. The summed E-state index contributed by atoms with van der Waals surface area (Å²) in [7, 11) is -2.45. The van der Waals surface area contributed by atoms with Gasteiger partial charge < -0.3 is 24.2 Å². The van der Waals surface area contributed by atoms with E-state index in [0.717, 1.165) is 11.1 Å². The largest absolute Gasteiger partial charge is 0.487 e. The van der Waals surface area contributed by atoms with Crippen molar-refractivity contribution in [2.75, 3.05) is 6.54 Å². The molecule has 0 bridgehead atoms. The molecular formula is C34H41N3O7Si. The molecule has 0 aliphatic heterocycles. The number of fused-ring (bicyclic) bond motifs is 1. The Kier molecular flexibility index (Phi) is 10.1. The number of H-pyrrole nitrogens is 1. The SMILES string of the molecule is CC(Cc1cccc([N+](=O)[O-])c1)N(C[C@@H](O[Si](C)(C)C(C)(C)C)c1ccc(OCc2ccccc2)c2[nH]c(=O)ccc12)C(=O)O. The van der Waals surface area contributed by atoms with Gasteiger partial charge in [0.2, 0.25) is 5.56 Å². The Bertz CT molecular complexity index is 1720. The molecule has 0 aliphatic rings. The second-order valence-corrected chi connectivity index (χ2v) is 17.6. The lowest BCUT2D eigenvalue weighted by Crippen LogP contribution is -2.47. The minimum atomic E-state index is -2.45. The molecular weight excluding hydrogens is 590 g/mol. The third-order valence-electron chi connectivity index (χ3n) is 8.51. The van der Waals surface area contributed by atoms with Gasteiger partial charge in [-0.2, -0.15) is 0 Å². The molecule has 1 aromatic heterocycles. The molecule has 3 aromatic carbocycles. The van der Waals surface area contributed by atoms with Crippen LogP contribution in [0.4, 0.5) is 10.5 Å². The van der Waals surface area contributed by atoms with E-state index in [2.05, 4.69) is 38.8 Å². The van der Waals surface area contributed by atoms with Crippen LogP contribution in [-0.4, -0.2) is 46.9 Å². The fraction of sp³-hybridized carbons (Fsp3) is 0.353. The van der Waals surface area contributed by atoms with E-state index in [1.807, 2.05) is 36.4 Å². The van der Waals surface area contributed by atoms with Crippen LogP contribution in [0.1, 0.15) is 50.5 Å². The molecule has 0 aliphatic carbocycles. The van der Waals surface area contributed by atoms with Crippen LogP contribution in [0.5, 0.6) is 5.75 Å². The van der Waals surface area contributed by atoms with E-state index in [-0.39, 0.29) is 29.3 Å². The highest BCUT2D eigenvalue weighted by molar-refractivity contribution is 6.74. The highest BCUT2D eigenvalue weighted by Crippen LogP contribution is 2.42. The number of pyridine rings is 1. The highest BCUT2D eigenvalue weighted by atomic mass is 28.4. The standard InChI is InChI=1S/C34H41N3O7Si/c1-23(19-25-13-10-14-26(20-25)37(41)42)36(33(39)40)21-30(44-45(5,6)34(2,3)4)27-15-17-29(32-28(27)16-18-31(38)35-32)43-22-24-11-8-7-9-12-24/h7-18,20,23,30H,19,21-22H2,1-6H3,(H,35,38)(H,39,40)/t23?,30-/m1/s1. The van der Waals surface area contributed by atoms with Gasteiger partial charge in [-0.15, -0.1) is 0 Å². The van der Waals surface area contributed by atoms with Gasteiger partial charge in [-0.3, -0.25) is 14.9 Å². The summed E-state index contributed by atoms with van der Waals surface area (Å²) in [4.78, 5) is 40.3. The monoisotopic (exact) mass is 631 g/mol. The van der Waals surface area contributed by atoms with E-state index >= 15 is 0 Å². The van der Waals surface area contributed by atoms with Crippen LogP contribution < -0.4 is 10.3 Å². The molecule has 0 radical (unpaired) electrons. The molecule has 0 spiro atoms. The summed E-state index contributed by atoms with van der Waals surface area (Å²) in [6.07, 6.45) is -1.52. The Morgan fingerprint density at radius 1 is 1.02 bits per heavy atom. The number of benzene rings is 3. The van der Waals surface area contributed by atoms with Gasteiger partial charge >= 0.3 is 6.09 Å². The molecule has 0 saturated heterocycles. The van der Waals surface area contributed by atoms with Gasteiger partial charge in [-0.1, -0.05) is 69.3 Å². The Morgan fingerprint density at radius 2 is 1.71 bits per heavy atom. The molecule has 0 fully saturated rings. The molecule has 10 nitrogen and oxygen atoms in total. The Labute approximate surface area is 263 Å². The number of rotatable bonds is 12. The summed E-state index contributed by atoms with van der Waals surface area (Å²) in [5.74, 6) is 0.496. The number of aromatic nitrogens is 1. The molecule has 11 heteroatoms. The van der Waals surface area contributed by atoms with Crippen LogP contribution in [0.15, 0.2) is 83.7 Å². The number of ether oxygens (including phenoxy) is 1. The average molecular weight is 632 g/mol. The number of nitrogens with zero attached hydrogens (tertiary/aromatic N) is 2. The number of carbonyl (C=O) groups is 1. The van der Waals surface area contributed by atoms with Crippen molar-refractivity contribution in [1.82, 2.24) is 9.88 Å². The Hall–Kier alpha value is -4.48. The lowest BCUT2D eigenvalue weighted by atomic mass is 10.0. The van der Waals surface area contributed by atoms with E-state index < -0.39 is 31.5 Å². The van der Waals surface area contributed by atoms with E-state index in [4.69, 9.17) is 9.16 Å². The van der Waals surface area contributed by atoms with Crippen LogP contribution in [0, 0.1) is 10.1 Å².